The molecule has 0 spiro atoms. The number of carbonyl (C=O) groups is 4. The highest BCUT2D eigenvalue weighted by Crippen LogP contribution is 2.28. The first-order valence-electron chi connectivity index (χ1n) is 10.5. The van der Waals surface area contributed by atoms with Crippen LogP contribution in [0.25, 0.3) is 0 Å². The molecule has 0 fully saturated rings. The van der Waals surface area contributed by atoms with E-state index in [1.165, 1.54) is 36.4 Å². The Hall–Kier alpha value is -5.04. The molecule has 172 valence electrons. The highest BCUT2D eigenvalue weighted by molar-refractivity contribution is 6.15. The molecular formula is C28H18O7. The van der Waals surface area contributed by atoms with Crippen LogP contribution in [-0.2, 0) is 0 Å². The van der Waals surface area contributed by atoms with Crippen LogP contribution < -0.4 is 4.74 Å². The normalized spacial score (nSPS) is 10.4. The van der Waals surface area contributed by atoms with Gasteiger partial charge in [0.15, 0.2) is 11.6 Å². The lowest BCUT2D eigenvalue weighted by Crippen LogP contribution is -2.10. The Balaban J connectivity index is 1.66. The lowest BCUT2D eigenvalue weighted by atomic mass is 9.97. The summed E-state index contributed by atoms with van der Waals surface area (Å²) in [7, 11) is 0. The number of rotatable bonds is 8. The third-order valence-corrected chi connectivity index (χ3v) is 5.24. The molecule has 7 heteroatoms. The quantitative estimate of drug-likeness (QED) is 0.337. The van der Waals surface area contributed by atoms with Gasteiger partial charge in [-0.2, -0.15) is 0 Å². The summed E-state index contributed by atoms with van der Waals surface area (Å²) in [6.07, 6.45) is 0. The number of aromatic carboxylic acids is 2. The average Bonchev–Trinajstić information content (AvgIpc) is 2.88. The molecule has 0 unspecified atom stereocenters. The number of carboxylic acids is 2. The Morgan fingerprint density at radius 3 is 1.20 bits per heavy atom. The molecule has 0 aliphatic carbocycles. The maximum atomic E-state index is 12.8. The van der Waals surface area contributed by atoms with Gasteiger partial charge in [0.05, 0.1) is 11.1 Å². The summed E-state index contributed by atoms with van der Waals surface area (Å²) < 4.78 is 5.69. The third-order valence-electron chi connectivity index (χ3n) is 5.24. The monoisotopic (exact) mass is 466 g/mol. The van der Waals surface area contributed by atoms with Crippen LogP contribution in [0.15, 0.2) is 97.1 Å². The second kappa shape index (κ2) is 9.84. The Morgan fingerprint density at radius 2 is 0.857 bits per heavy atom. The van der Waals surface area contributed by atoms with Gasteiger partial charge < -0.3 is 14.9 Å². The number of carboxylic acid groups (broad SMARTS) is 2. The van der Waals surface area contributed by atoms with Gasteiger partial charge in [0.1, 0.15) is 11.5 Å². The van der Waals surface area contributed by atoms with Gasteiger partial charge in [0.2, 0.25) is 0 Å². The predicted molar refractivity (Wildman–Crippen MR) is 127 cm³/mol. The summed E-state index contributed by atoms with van der Waals surface area (Å²) >= 11 is 0. The molecule has 0 bridgehead atoms. The summed E-state index contributed by atoms with van der Waals surface area (Å²) in [5.41, 5.74) is 0.149. The van der Waals surface area contributed by atoms with E-state index in [1.54, 1.807) is 60.7 Å². The highest BCUT2D eigenvalue weighted by Gasteiger charge is 2.21. The predicted octanol–water partition coefficient (Wildman–Crippen LogP) is 5.34. The molecule has 0 amide bonds. The number of ether oxygens (including phenoxy) is 1. The van der Waals surface area contributed by atoms with Crippen LogP contribution in [0.2, 0.25) is 0 Å². The molecule has 7 nitrogen and oxygen atoms in total. The van der Waals surface area contributed by atoms with E-state index in [-0.39, 0.29) is 33.8 Å². The summed E-state index contributed by atoms with van der Waals surface area (Å²) in [4.78, 5) is 49.2. The molecule has 0 heterocycles. The van der Waals surface area contributed by atoms with E-state index in [2.05, 4.69) is 0 Å². The van der Waals surface area contributed by atoms with Gasteiger partial charge in [-0.05, 0) is 36.4 Å². The van der Waals surface area contributed by atoms with Crippen molar-refractivity contribution in [2.75, 3.05) is 0 Å². The molecule has 0 radical (unpaired) electrons. The lowest BCUT2D eigenvalue weighted by Gasteiger charge is -2.12. The largest absolute Gasteiger partial charge is 0.478 e. The van der Waals surface area contributed by atoms with Gasteiger partial charge in [-0.1, -0.05) is 60.7 Å². The van der Waals surface area contributed by atoms with Crippen LogP contribution in [0.1, 0.15) is 52.6 Å². The molecule has 0 saturated carbocycles. The van der Waals surface area contributed by atoms with Crippen molar-refractivity contribution in [3.63, 3.8) is 0 Å². The lowest BCUT2D eigenvalue weighted by molar-refractivity contribution is 0.0683. The van der Waals surface area contributed by atoms with Gasteiger partial charge in [-0.25, -0.2) is 9.59 Å². The molecular weight excluding hydrogens is 448 g/mol. The maximum Gasteiger partial charge on any atom is 0.336 e. The first-order valence-corrected chi connectivity index (χ1v) is 10.5. The third kappa shape index (κ3) is 4.99. The highest BCUT2D eigenvalue weighted by atomic mass is 16.5. The topological polar surface area (TPSA) is 118 Å². The van der Waals surface area contributed by atoms with Crippen molar-refractivity contribution in [3.05, 3.63) is 130 Å². The van der Waals surface area contributed by atoms with E-state index in [1.807, 2.05) is 0 Å². The Morgan fingerprint density at radius 1 is 0.486 bits per heavy atom. The van der Waals surface area contributed by atoms with E-state index in [4.69, 9.17) is 4.74 Å². The Labute approximate surface area is 199 Å². The van der Waals surface area contributed by atoms with E-state index >= 15 is 0 Å². The zero-order valence-electron chi connectivity index (χ0n) is 18.2. The SMILES string of the molecule is O=C(O)c1cc(Oc2ccc(C(=O)c3ccccc3)c(C(=O)O)c2)ccc1C(=O)c1ccccc1. The molecule has 0 atom stereocenters. The minimum atomic E-state index is -1.32. The van der Waals surface area contributed by atoms with Gasteiger partial charge in [0, 0.05) is 22.3 Å². The zero-order valence-corrected chi connectivity index (χ0v) is 18.2. The molecule has 2 N–H and O–H groups in total. The molecule has 35 heavy (non-hydrogen) atoms. The van der Waals surface area contributed by atoms with Gasteiger partial charge in [-0.3, -0.25) is 9.59 Å². The van der Waals surface area contributed by atoms with Gasteiger partial charge in [-0.15, -0.1) is 0 Å². The summed E-state index contributed by atoms with van der Waals surface area (Å²) in [5, 5.41) is 19.3. The maximum absolute atomic E-state index is 12.8. The van der Waals surface area contributed by atoms with Crippen molar-refractivity contribution in [2.24, 2.45) is 0 Å². The summed E-state index contributed by atoms with van der Waals surface area (Å²) in [6.45, 7) is 0. The van der Waals surface area contributed by atoms with Crippen LogP contribution >= 0.6 is 0 Å². The fourth-order valence-electron chi connectivity index (χ4n) is 3.55. The van der Waals surface area contributed by atoms with Crippen LogP contribution in [0.3, 0.4) is 0 Å². The molecule has 0 aliphatic heterocycles. The van der Waals surface area contributed by atoms with E-state index in [9.17, 15) is 29.4 Å². The first-order chi connectivity index (χ1) is 16.8. The molecule has 0 aromatic heterocycles. The van der Waals surface area contributed by atoms with E-state index < -0.39 is 23.5 Å². The summed E-state index contributed by atoms with van der Waals surface area (Å²) in [5.74, 6) is -3.36. The van der Waals surface area contributed by atoms with E-state index in [0.29, 0.717) is 11.1 Å². The van der Waals surface area contributed by atoms with Crippen molar-refractivity contribution in [1.29, 1.82) is 0 Å². The number of hydrogen-bond donors (Lipinski definition) is 2. The minimum absolute atomic E-state index is 0.00826. The second-order valence-electron chi connectivity index (χ2n) is 7.52. The van der Waals surface area contributed by atoms with Crippen molar-refractivity contribution in [1.82, 2.24) is 0 Å². The van der Waals surface area contributed by atoms with Gasteiger partial charge in [0.25, 0.3) is 0 Å². The van der Waals surface area contributed by atoms with Crippen LogP contribution in [0.5, 0.6) is 11.5 Å². The van der Waals surface area contributed by atoms with Gasteiger partial charge >= 0.3 is 11.9 Å². The Kier molecular flexibility index (Phi) is 6.50. The van der Waals surface area contributed by atoms with Crippen molar-refractivity contribution < 1.29 is 34.1 Å². The fourth-order valence-corrected chi connectivity index (χ4v) is 3.55. The van der Waals surface area contributed by atoms with Crippen molar-refractivity contribution in [2.45, 2.75) is 0 Å². The van der Waals surface area contributed by atoms with E-state index in [0.717, 1.165) is 0 Å². The van der Waals surface area contributed by atoms with Crippen molar-refractivity contribution in [3.8, 4) is 11.5 Å². The molecule has 0 saturated heterocycles. The number of ketones is 2. The average molecular weight is 466 g/mol. The summed E-state index contributed by atoms with van der Waals surface area (Å²) in [6, 6.07) is 24.5. The zero-order chi connectivity index (χ0) is 24.9. The minimum Gasteiger partial charge on any atom is -0.478 e. The van der Waals surface area contributed by atoms with Crippen molar-refractivity contribution >= 4 is 23.5 Å². The van der Waals surface area contributed by atoms with Crippen LogP contribution in [0, 0.1) is 0 Å². The standard InChI is InChI=1S/C28H18O7/c29-25(17-7-3-1-4-8-17)21-13-11-19(15-23(21)27(31)32)35-20-12-14-22(24(16-20)28(33)34)26(30)18-9-5-2-6-10-18/h1-16H,(H,31,32)(H,33,34). The molecule has 0 aliphatic rings. The van der Waals surface area contributed by atoms with Crippen LogP contribution in [-0.4, -0.2) is 33.7 Å². The number of hydrogen-bond acceptors (Lipinski definition) is 5. The first kappa shape index (κ1) is 23.1. The number of carbonyl (C=O) groups excluding carboxylic acids is 2. The van der Waals surface area contributed by atoms with Crippen LogP contribution in [0.4, 0.5) is 0 Å². The second-order valence-corrected chi connectivity index (χ2v) is 7.52. The smallest absolute Gasteiger partial charge is 0.336 e. The number of benzene rings is 4. The molecule has 4 rings (SSSR count). The molecule has 4 aromatic carbocycles. The fraction of sp³-hybridized carbons (Fsp3) is 0. The Bertz CT molecular complexity index is 1330. The molecule has 4 aromatic rings.